The fraction of sp³-hybridized carbons (Fsp3) is 0.684. The van der Waals surface area contributed by atoms with Crippen LogP contribution in [-0.2, 0) is 11.8 Å². The van der Waals surface area contributed by atoms with E-state index in [0.717, 1.165) is 0 Å². The van der Waals surface area contributed by atoms with Crippen LogP contribution in [0.15, 0.2) is 24.3 Å². The molecule has 122 valence electrons. The van der Waals surface area contributed by atoms with Crippen LogP contribution in [0.3, 0.4) is 0 Å². The van der Waals surface area contributed by atoms with Gasteiger partial charge in [-0.1, -0.05) is 31.2 Å². The standard InChI is InChI=1S/C19H27NO.ClH/c1-4-19-11-18-14(12(2)21)10-16(19)17(20(18)3)9-13-7-5-6-8-15(13)19;/h5-8,12,14,16-18,21H,4,9-11H2,1-3H3;1H/t12?,14?,16?,17?,18?,19-;/m0./s1. The number of hydrogen-bond donors (Lipinski definition) is 1. The highest BCUT2D eigenvalue weighted by atomic mass is 35.5. The van der Waals surface area contributed by atoms with Gasteiger partial charge in [-0.3, -0.25) is 4.90 Å². The zero-order valence-electron chi connectivity index (χ0n) is 13.8. The van der Waals surface area contributed by atoms with E-state index in [4.69, 9.17) is 0 Å². The van der Waals surface area contributed by atoms with Crippen molar-refractivity contribution in [2.75, 3.05) is 7.05 Å². The maximum Gasteiger partial charge on any atom is 0.0555 e. The third-order valence-corrected chi connectivity index (χ3v) is 7.05. The van der Waals surface area contributed by atoms with E-state index in [0.29, 0.717) is 29.3 Å². The van der Waals surface area contributed by atoms with Crippen molar-refractivity contribution in [3.8, 4) is 0 Å². The Kier molecular flexibility index (Phi) is 4.08. The van der Waals surface area contributed by atoms with Gasteiger partial charge < -0.3 is 5.11 Å². The minimum absolute atomic E-state index is 0. The van der Waals surface area contributed by atoms with Crippen molar-refractivity contribution < 1.29 is 5.11 Å². The lowest BCUT2D eigenvalue weighted by Crippen LogP contribution is -2.69. The van der Waals surface area contributed by atoms with Gasteiger partial charge in [0.15, 0.2) is 0 Å². The number of fused-ring (bicyclic) bond motifs is 2. The van der Waals surface area contributed by atoms with Gasteiger partial charge in [-0.05, 0) is 56.7 Å². The Bertz CT molecular complexity index is 560. The van der Waals surface area contributed by atoms with Crippen LogP contribution in [-0.4, -0.2) is 35.2 Å². The number of halogens is 1. The largest absolute Gasteiger partial charge is 0.393 e. The maximum atomic E-state index is 10.2. The first-order valence-corrected chi connectivity index (χ1v) is 8.57. The first-order valence-electron chi connectivity index (χ1n) is 8.57. The van der Waals surface area contributed by atoms with E-state index in [1.165, 1.54) is 25.7 Å². The van der Waals surface area contributed by atoms with Gasteiger partial charge in [0.1, 0.15) is 0 Å². The van der Waals surface area contributed by atoms with Crippen molar-refractivity contribution in [3.05, 3.63) is 35.4 Å². The molecule has 0 radical (unpaired) electrons. The monoisotopic (exact) mass is 321 g/mol. The van der Waals surface area contributed by atoms with Gasteiger partial charge in [0.25, 0.3) is 0 Å². The Morgan fingerprint density at radius 2 is 2.05 bits per heavy atom. The van der Waals surface area contributed by atoms with Crippen LogP contribution in [0, 0.1) is 11.8 Å². The van der Waals surface area contributed by atoms with Gasteiger partial charge in [0.2, 0.25) is 0 Å². The SMILES string of the molecule is CC[C@@]12CC3C(C(C)O)CC1C(Cc1ccccc12)N3C.Cl. The number of benzene rings is 1. The first kappa shape index (κ1) is 16.3. The molecule has 2 saturated heterocycles. The van der Waals surface area contributed by atoms with E-state index in [9.17, 15) is 5.11 Å². The molecule has 0 amide bonds. The third-order valence-electron chi connectivity index (χ3n) is 7.05. The van der Waals surface area contributed by atoms with Crippen LogP contribution < -0.4 is 0 Å². The zero-order chi connectivity index (χ0) is 14.8. The lowest BCUT2D eigenvalue weighted by Gasteiger charge is -2.65. The van der Waals surface area contributed by atoms with Crippen molar-refractivity contribution in [1.82, 2.24) is 4.90 Å². The molecule has 2 aliphatic heterocycles. The number of aliphatic hydroxyl groups excluding tert-OH is 1. The minimum Gasteiger partial charge on any atom is -0.393 e. The summed E-state index contributed by atoms with van der Waals surface area (Å²) in [5.41, 5.74) is 3.56. The van der Waals surface area contributed by atoms with Gasteiger partial charge in [0.05, 0.1) is 6.10 Å². The summed E-state index contributed by atoms with van der Waals surface area (Å²) in [7, 11) is 2.30. The van der Waals surface area contributed by atoms with E-state index in [2.05, 4.69) is 43.1 Å². The molecule has 1 aromatic rings. The highest BCUT2D eigenvalue weighted by Gasteiger charge is 2.60. The van der Waals surface area contributed by atoms with Crippen LogP contribution in [0.2, 0.25) is 0 Å². The Morgan fingerprint density at radius 1 is 1.32 bits per heavy atom. The van der Waals surface area contributed by atoms with Crippen LogP contribution in [0.4, 0.5) is 0 Å². The molecule has 2 heterocycles. The summed E-state index contributed by atoms with van der Waals surface area (Å²) in [6.07, 6.45) is 4.70. The van der Waals surface area contributed by atoms with Crippen LogP contribution in [0.1, 0.15) is 44.2 Å². The summed E-state index contributed by atoms with van der Waals surface area (Å²) in [6.45, 7) is 4.36. The van der Waals surface area contributed by atoms with Crippen LogP contribution >= 0.6 is 12.4 Å². The molecule has 5 rings (SSSR count). The highest BCUT2D eigenvalue weighted by Crippen LogP contribution is 2.59. The zero-order valence-corrected chi connectivity index (χ0v) is 14.6. The van der Waals surface area contributed by atoms with Gasteiger partial charge in [-0.25, -0.2) is 0 Å². The molecule has 6 atom stereocenters. The molecule has 1 aromatic carbocycles. The fourth-order valence-electron chi connectivity index (χ4n) is 5.97. The molecule has 3 fully saturated rings. The molecule has 4 aliphatic rings. The Hall–Kier alpha value is -0.570. The first-order chi connectivity index (χ1) is 10.1. The van der Waals surface area contributed by atoms with Crippen molar-refractivity contribution >= 4 is 12.4 Å². The molecular weight excluding hydrogens is 294 g/mol. The van der Waals surface area contributed by atoms with Crippen molar-refractivity contribution in [3.63, 3.8) is 0 Å². The molecule has 1 N–H and O–H groups in total. The topological polar surface area (TPSA) is 23.5 Å². The maximum absolute atomic E-state index is 10.2. The summed E-state index contributed by atoms with van der Waals surface area (Å²) in [4.78, 5) is 2.61. The predicted molar refractivity (Wildman–Crippen MR) is 92.6 cm³/mol. The third kappa shape index (κ3) is 1.93. The summed E-state index contributed by atoms with van der Waals surface area (Å²) in [6, 6.07) is 10.4. The molecule has 1 saturated carbocycles. The second kappa shape index (κ2) is 5.51. The van der Waals surface area contributed by atoms with E-state index >= 15 is 0 Å². The summed E-state index contributed by atoms with van der Waals surface area (Å²) in [5, 5.41) is 10.2. The second-order valence-corrected chi connectivity index (χ2v) is 7.62. The van der Waals surface area contributed by atoms with Gasteiger partial charge >= 0.3 is 0 Å². The van der Waals surface area contributed by atoms with Crippen LogP contribution in [0.25, 0.3) is 0 Å². The Morgan fingerprint density at radius 3 is 2.73 bits per heavy atom. The molecule has 3 heteroatoms. The molecule has 0 spiro atoms. The second-order valence-electron chi connectivity index (χ2n) is 7.62. The quantitative estimate of drug-likeness (QED) is 0.902. The average molecular weight is 322 g/mol. The van der Waals surface area contributed by atoms with E-state index in [-0.39, 0.29) is 18.5 Å². The lowest BCUT2D eigenvalue weighted by atomic mass is 9.48. The normalized spacial score (nSPS) is 40.7. The van der Waals surface area contributed by atoms with E-state index in [1.807, 2.05) is 6.92 Å². The van der Waals surface area contributed by atoms with Gasteiger partial charge in [-0.15, -0.1) is 12.4 Å². The van der Waals surface area contributed by atoms with E-state index in [1.54, 1.807) is 11.1 Å². The molecule has 0 aromatic heterocycles. The fourth-order valence-corrected chi connectivity index (χ4v) is 5.97. The molecular formula is C19H28ClNO. The summed E-state index contributed by atoms with van der Waals surface area (Å²) >= 11 is 0. The predicted octanol–water partition coefficient (Wildman–Crippen LogP) is 3.40. The molecule has 2 nitrogen and oxygen atoms in total. The Labute approximate surface area is 140 Å². The number of piperidine rings is 2. The number of rotatable bonds is 2. The van der Waals surface area contributed by atoms with Crippen molar-refractivity contribution in [2.24, 2.45) is 11.8 Å². The molecule has 2 aliphatic carbocycles. The lowest BCUT2D eigenvalue weighted by molar-refractivity contribution is -0.121. The van der Waals surface area contributed by atoms with E-state index < -0.39 is 0 Å². The summed E-state index contributed by atoms with van der Waals surface area (Å²) < 4.78 is 0. The van der Waals surface area contributed by atoms with Crippen molar-refractivity contribution in [1.29, 1.82) is 0 Å². The number of aliphatic hydroxyl groups is 1. The minimum atomic E-state index is -0.176. The Balaban J connectivity index is 0.00000144. The summed E-state index contributed by atoms with van der Waals surface area (Å²) in [5.74, 6) is 1.17. The molecule has 22 heavy (non-hydrogen) atoms. The van der Waals surface area contributed by atoms with Gasteiger partial charge in [0, 0.05) is 23.4 Å². The smallest absolute Gasteiger partial charge is 0.0555 e. The van der Waals surface area contributed by atoms with Gasteiger partial charge in [-0.2, -0.15) is 0 Å². The molecule has 5 unspecified atom stereocenters. The van der Waals surface area contributed by atoms with Crippen LogP contribution in [0.5, 0.6) is 0 Å². The number of likely N-dealkylation sites (N-methyl/N-ethyl adjacent to an activating group) is 1. The average Bonchev–Trinajstić information content (AvgIpc) is 2.50. The van der Waals surface area contributed by atoms with Crippen molar-refractivity contribution in [2.45, 2.75) is 63.1 Å². The number of hydrogen-bond acceptors (Lipinski definition) is 2. The number of nitrogens with zero attached hydrogens (tertiary/aromatic N) is 1. The molecule has 4 bridgehead atoms. The highest BCUT2D eigenvalue weighted by molar-refractivity contribution is 5.85.